The first-order valence-corrected chi connectivity index (χ1v) is 13.9. The van der Waals surface area contributed by atoms with E-state index in [1.165, 1.54) is 54.4 Å². The SMILES string of the molecule is O=C([N-]S(=O)(=O)/C=C/[C@H]1CCCN1C1CCCCC1)Nc1c2c(cc3c1CCC3)CCC2.[Na+]. The van der Waals surface area contributed by atoms with Gasteiger partial charge < -0.3 is 10.0 Å². The Hall–Kier alpha value is -0.860. The smallest absolute Gasteiger partial charge is 0.423 e. The number of carbonyl (C=O) groups excluding carboxylic acids is 1. The number of rotatable bonds is 5. The molecule has 1 atom stereocenters. The molecule has 1 heterocycles. The number of nitrogens with zero attached hydrogens (tertiary/aromatic N) is 2. The van der Waals surface area contributed by atoms with E-state index in [4.69, 9.17) is 0 Å². The Balaban J connectivity index is 0.00000259. The van der Waals surface area contributed by atoms with Crippen LogP contribution in [-0.2, 0) is 35.7 Å². The van der Waals surface area contributed by atoms with Gasteiger partial charge in [-0.15, -0.1) is 0 Å². The van der Waals surface area contributed by atoms with Crippen LogP contribution in [0.2, 0.25) is 0 Å². The van der Waals surface area contributed by atoms with Crippen LogP contribution in [0, 0.1) is 0 Å². The van der Waals surface area contributed by atoms with Gasteiger partial charge in [0.2, 0.25) is 0 Å². The summed E-state index contributed by atoms with van der Waals surface area (Å²) in [6.45, 7) is 1.03. The third-order valence-electron chi connectivity index (χ3n) is 7.77. The zero-order valence-corrected chi connectivity index (χ0v) is 22.6. The first-order valence-electron chi connectivity index (χ1n) is 12.4. The molecule has 6 nitrogen and oxygen atoms in total. The summed E-state index contributed by atoms with van der Waals surface area (Å²) in [5.41, 5.74) is 5.78. The van der Waals surface area contributed by atoms with Crippen LogP contribution >= 0.6 is 0 Å². The molecule has 3 aliphatic carbocycles. The van der Waals surface area contributed by atoms with Crippen LogP contribution in [0.1, 0.15) is 80.0 Å². The zero-order valence-electron chi connectivity index (χ0n) is 19.8. The standard InChI is InChI=1S/C25H35N3O3S.Na/c29-25(26-24-22-12-4-7-18(22)17-19-8-5-13-23(19)24)27-32(30,31)16-14-21-11-6-15-28(21)20-9-2-1-3-10-20;/h14,16-17,20-21H,1-13,15H2,(H2,26,27,29);/q;+1/p-1/b16-14+;/t21-;/m1./s1. The van der Waals surface area contributed by atoms with E-state index in [1.54, 1.807) is 6.08 Å². The van der Waals surface area contributed by atoms with Crippen molar-refractivity contribution in [2.75, 3.05) is 11.9 Å². The predicted molar refractivity (Wildman–Crippen MR) is 128 cm³/mol. The number of nitrogens with one attached hydrogen (secondary N) is 1. The van der Waals surface area contributed by atoms with Crippen molar-refractivity contribution < 1.29 is 42.8 Å². The Morgan fingerprint density at radius 2 is 1.61 bits per heavy atom. The van der Waals surface area contributed by atoms with E-state index in [-0.39, 0.29) is 35.6 Å². The fraction of sp³-hybridized carbons (Fsp3) is 0.640. The number of hydrogen-bond donors (Lipinski definition) is 1. The summed E-state index contributed by atoms with van der Waals surface area (Å²) in [6.07, 6.45) is 16.1. The minimum absolute atomic E-state index is 0. The molecule has 1 N–H and O–H groups in total. The van der Waals surface area contributed by atoms with E-state index < -0.39 is 16.1 Å². The van der Waals surface area contributed by atoms with Crippen LogP contribution in [0.3, 0.4) is 0 Å². The Kier molecular flexibility index (Phi) is 8.27. The summed E-state index contributed by atoms with van der Waals surface area (Å²) in [7, 11) is -3.96. The molecule has 0 bridgehead atoms. The molecular formula is C25H34N3NaO3S. The van der Waals surface area contributed by atoms with Gasteiger partial charge in [0.1, 0.15) is 0 Å². The number of amides is 2. The Labute approximate surface area is 220 Å². The van der Waals surface area contributed by atoms with Crippen molar-refractivity contribution in [1.82, 2.24) is 4.90 Å². The summed E-state index contributed by atoms with van der Waals surface area (Å²) >= 11 is 0. The van der Waals surface area contributed by atoms with Gasteiger partial charge in [-0.25, -0.2) is 8.42 Å². The molecule has 0 aromatic heterocycles. The van der Waals surface area contributed by atoms with Crippen LogP contribution in [-0.4, -0.2) is 38.0 Å². The Morgan fingerprint density at radius 1 is 0.939 bits per heavy atom. The molecule has 4 aliphatic rings. The topological polar surface area (TPSA) is 80.6 Å². The van der Waals surface area contributed by atoms with Crippen molar-refractivity contribution in [1.29, 1.82) is 0 Å². The van der Waals surface area contributed by atoms with Crippen LogP contribution in [0.25, 0.3) is 4.72 Å². The second-order valence-electron chi connectivity index (χ2n) is 9.84. The number of fused-ring (bicyclic) bond motifs is 2. The Morgan fingerprint density at radius 3 is 2.27 bits per heavy atom. The molecule has 1 saturated heterocycles. The monoisotopic (exact) mass is 479 g/mol. The van der Waals surface area contributed by atoms with Gasteiger partial charge in [0, 0.05) is 17.5 Å². The second kappa shape index (κ2) is 10.8. The van der Waals surface area contributed by atoms with Crippen LogP contribution in [0.15, 0.2) is 17.6 Å². The number of urea groups is 1. The molecule has 1 aromatic carbocycles. The summed E-state index contributed by atoms with van der Waals surface area (Å²) in [5.74, 6) is 0. The molecule has 2 amide bonds. The van der Waals surface area contributed by atoms with Crippen molar-refractivity contribution in [2.45, 2.75) is 95.6 Å². The van der Waals surface area contributed by atoms with E-state index in [2.05, 4.69) is 21.0 Å². The summed E-state index contributed by atoms with van der Waals surface area (Å²) in [6, 6.07) is 2.20. The molecule has 1 aliphatic heterocycles. The third-order valence-corrected chi connectivity index (χ3v) is 8.70. The van der Waals surface area contributed by atoms with Crippen molar-refractivity contribution in [3.63, 3.8) is 0 Å². The normalized spacial score (nSPS) is 23.3. The molecule has 1 saturated carbocycles. The number of hydrogen-bond acceptors (Lipinski definition) is 4. The van der Waals surface area contributed by atoms with E-state index in [1.807, 2.05) is 0 Å². The second-order valence-corrected chi connectivity index (χ2v) is 11.3. The van der Waals surface area contributed by atoms with Gasteiger partial charge >= 0.3 is 29.6 Å². The van der Waals surface area contributed by atoms with Crippen LogP contribution in [0.5, 0.6) is 0 Å². The molecule has 1 aromatic rings. The van der Waals surface area contributed by atoms with Crippen LogP contribution < -0.4 is 34.9 Å². The average Bonchev–Trinajstić information content (AvgIpc) is 3.52. The number of benzene rings is 1. The van der Waals surface area contributed by atoms with Gasteiger partial charge in [-0.1, -0.05) is 31.4 Å². The minimum Gasteiger partial charge on any atom is -0.423 e. The summed E-state index contributed by atoms with van der Waals surface area (Å²) in [4.78, 5) is 15.1. The van der Waals surface area contributed by atoms with Crippen molar-refractivity contribution in [2.24, 2.45) is 0 Å². The Bertz CT molecular complexity index is 986. The molecule has 0 unspecified atom stereocenters. The van der Waals surface area contributed by atoms with Crippen molar-refractivity contribution in [3.8, 4) is 0 Å². The van der Waals surface area contributed by atoms with Gasteiger partial charge in [-0.05, 0) is 98.7 Å². The number of aryl methyl sites for hydroxylation is 2. The van der Waals surface area contributed by atoms with Crippen molar-refractivity contribution in [3.05, 3.63) is 44.5 Å². The van der Waals surface area contributed by atoms with E-state index >= 15 is 0 Å². The number of anilines is 1. The maximum absolute atomic E-state index is 12.6. The van der Waals surface area contributed by atoms with E-state index in [0.29, 0.717) is 6.04 Å². The third kappa shape index (κ3) is 5.69. The first-order chi connectivity index (χ1) is 15.5. The van der Waals surface area contributed by atoms with Gasteiger partial charge in [-0.2, -0.15) is 0 Å². The average molecular weight is 480 g/mol. The first kappa shape index (κ1) is 25.2. The number of carbonyl (C=O) groups is 1. The van der Waals surface area contributed by atoms with Gasteiger partial charge in [0.15, 0.2) is 16.1 Å². The minimum atomic E-state index is -3.96. The molecule has 0 radical (unpaired) electrons. The molecule has 8 heteroatoms. The molecule has 5 rings (SSSR count). The molecule has 2 fully saturated rings. The molecule has 33 heavy (non-hydrogen) atoms. The zero-order chi connectivity index (χ0) is 22.1. The summed E-state index contributed by atoms with van der Waals surface area (Å²) < 4.78 is 28.8. The van der Waals surface area contributed by atoms with E-state index in [9.17, 15) is 13.2 Å². The fourth-order valence-corrected chi connectivity index (χ4v) is 7.04. The van der Waals surface area contributed by atoms with Gasteiger partial charge in [0.05, 0.1) is 0 Å². The molecular weight excluding hydrogens is 445 g/mol. The summed E-state index contributed by atoms with van der Waals surface area (Å²) in [5, 5.41) is 4.01. The van der Waals surface area contributed by atoms with E-state index in [0.717, 1.165) is 69.0 Å². The van der Waals surface area contributed by atoms with Gasteiger partial charge in [-0.3, -0.25) is 9.69 Å². The van der Waals surface area contributed by atoms with Crippen LogP contribution in [0.4, 0.5) is 10.5 Å². The maximum Gasteiger partial charge on any atom is 1.00 e. The molecule has 0 spiro atoms. The van der Waals surface area contributed by atoms with Crippen molar-refractivity contribution >= 4 is 21.7 Å². The quantitative estimate of drug-likeness (QED) is 0.657. The predicted octanol–water partition coefficient (Wildman–Crippen LogP) is 2.21. The number of sulfonamides is 1. The largest absolute Gasteiger partial charge is 1.00 e. The molecule has 174 valence electrons. The maximum atomic E-state index is 12.6. The number of likely N-dealkylation sites (tertiary alicyclic amines) is 1. The van der Waals surface area contributed by atoms with Gasteiger partial charge in [0.25, 0.3) is 0 Å². The fourth-order valence-electron chi connectivity index (χ4n) is 6.32.